The summed E-state index contributed by atoms with van der Waals surface area (Å²) >= 11 is 0. The van der Waals surface area contributed by atoms with E-state index in [1.807, 2.05) is 20.8 Å². The Balaban J connectivity index is 2.22. The molecule has 0 aliphatic carbocycles. The molecule has 1 N–H and O–H groups in total. The van der Waals surface area contributed by atoms with Gasteiger partial charge in [-0.2, -0.15) is 4.31 Å². The topological polar surface area (TPSA) is 69.7 Å². The van der Waals surface area contributed by atoms with E-state index in [1.165, 1.54) is 10.4 Å². The Bertz CT molecular complexity index is 706. The van der Waals surface area contributed by atoms with Crippen LogP contribution in [-0.2, 0) is 10.0 Å². The number of carbonyl (C=O) groups is 1. The number of benzene rings is 1. The molecule has 1 amide bonds. The van der Waals surface area contributed by atoms with Crippen LogP contribution in [0.15, 0.2) is 23.1 Å². The van der Waals surface area contributed by atoms with Crippen LogP contribution in [-0.4, -0.2) is 62.8 Å². The van der Waals surface area contributed by atoms with Crippen molar-refractivity contribution in [2.24, 2.45) is 0 Å². The normalized spacial score (nSPS) is 17.0. The largest absolute Gasteiger partial charge is 0.349 e. The summed E-state index contributed by atoms with van der Waals surface area (Å²) in [6.45, 7) is 8.18. The Labute approximate surface area is 151 Å². The molecule has 0 radical (unpaired) electrons. The molecule has 0 saturated carbocycles. The third kappa shape index (κ3) is 4.59. The first-order chi connectivity index (χ1) is 11.8. The second-order valence-corrected chi connectivity index (χ2v) is 8.56. The van der Waals surface area contributed by atoms with Gasteiger partial charge in [0.2, 0.25) is 10.0 Å². The van der Waals surface area contributed by atoms with Crippen LogP contribution in [0, 0.1) is 6.92 Å². The fourth-order valence-corrected chi connectivity index (χ4v) is 4.62. The van der Waals surface area contributed by atoms with E-state index in [0.717, 1.165) is 31.5 Å². The van der Waals surface area contributed by atoms with Gasteiger partial charge in [-0.3, -0.25) is 4.79 Å². The molecule has 6 nitrogen and oxygen atoms in total. The van der Waals surface area contributed by atoms with E-state index < -0.39 is 10.0 Å². The average Bonchev–Trinajstić information content (AvgIpc) is 2.58. The number of amides is 1. The van der Waals surface area contributed by atoms with Gasteiger partial charge in [0, 0.05) is 24.7 Å². The summed E-state index contributed by atoms with van der Waals surface area (Å²) in [7, 11) is -1.49. The van der Waals surface area contributed by atoms with Gasteiger partial charge in [0.15, 0.2) is 0 Å². The summed E-state index contributed by atoms with van der Waals surface area (Å²) in [6, 6.07) is 4.94. The smallest absolute Gasteiger partial charge is 0.251 e. The molecule has 0 atom stereocenters. The van der Waals surface area contributed by atoms with Crippen molar-refractivity contribution < 1.29 is 13.2 Å². The van der Waals surface area contributed by atoms with Gasteiger partial charge in [-0.05, 0) is 57.6 Å². The summed E-state index contributed by atoms with van der Waals surface area (Å²) < 4.78 is 26.8. The van der Waals surface area contributed by atoms with Gasteiger partial charge in [-0.15, -0.1) is 0 Å². The summed E-state index contributed by atoms with van der Waals surface area (Å²) in [5.41, 5.74) is 1.22. The number of hydrogen-bond donors (Lipinski definition) is 1. The number of sulfonamides is 1. The Hall–Kier alpha value is -1.44. The van der Waals surface area contributed by atoms with Crippen molar-refractivity contribution in [2.45, 2.75) is 44.6 Å². The lowest BCUT2D eigenvalue weighted by atomic mass is 10.0. The third-order valence-electron chi connectivity index (χ3n) is 4.85. The van der Waals surface area contributed by atoms with Crippen LogP contribution < -0.4 is 5.32 Å². The first kappa shape index (κ1) is 19.9. The van der Waals surface area contributed by atoms with Crippen LogP contribution >= 0.6 is 0 Å². The van der Waals surface area contributed by atoms with E-state index in [-0.39, 0.29) is 16.8 Å². The van der Waals surface area contributed by atoms with Gasteiger partial charge in [0.1, 0.15) is 0 Å². The molecule has 25 heavy (non-hydrogen) atoms. The van der Waals surface area contributed by atoms with Crippen molar-refractivity contribution in [3.05, 3.63) is 29.3 Å². The quantitative estimate of drug-likeness (QED) is 0.833. The molecule has 0 bridgehead atoms. The zero-order valence-corrected chi connectivity index (χ0v) is 16.4. The molecule has 0 spiro atoms. The van der Waals surface area contributed by atoms with Crippen molar-refractivity contribution in [3.63, 3.8) is 0 Å². The average molecular weight is 368 g/mol. The predicted molar refractivity (Wildman–Crippen MR) is 99.3 cm³/mol. The Morgan fingerprint density at radius 1 is 1.24 bits per heavy atom. The van der Waals surface area contributed by atoms with Gasteiger partial charge in [-0.25, -0.2) is 8.42 Å². The number of nitrogens with zero attached hydrogens (tertiary/aromatic N) is 2. The van der Waals surface area contributed by atoms with Crippen LogP contribution in [0.3, 0.4) is 0 Å². The molecule has 1 fully saturated rings. The minimum atomic E-state index is -3.57. The van der Waals surface area contributed by atoms with Crippen LogP contribution in [0.1, 0.15) is 42.6 Å². The molecule has 1 aliphatic heterocycles. The zero-order chi connectivity index (χ0) is 18.6. The fraction of sp³-hybridized carbons (Fsp3) is 0.611. The number of likely N-dealkylation sites (tertiary alicyclic amines) is 1. The van der Waals surface area contributed by atoms with Gasteiger partial charge >= 0.3 is 0 Å². The van der Waals surface area contributed by atoms with E-state index in [1.54, 1.807) is 12.1 Å². The highest BCUT2D eigenvalue weighted by molar-refractivity contribution is 7.89. The molecule has 7 heteroatoms. The zero-order valence-electron chi connectivity index (χ0n) is 15.6. The fourth-order valence-electron chi connectivity index (χ4n) is 3.13. The Morgan fingerprint density at radius 3 is 2.40 bits per heavy atom. The van der Waals surface area contributed by atoms with E-state index >= 15 is 0 Å². The molecule has 0 unspecified atom stereocenters. The van der Waals surface area contributed by atoms with Crippen LogP contribution in [0.5, 0.6) is 0 Å². The number of nitrogens with one attached hydrogen (secondary N) is 1. The van der Waals surface area contributed by atoms with Crippen molar-refractivity contribution in [1.82, 2.24) is 14.5 Å². The highest BCUT2D eigenvalue weighted by Gasteiger charge is 2.25. The number of hydrogen-bond acceptors (Lipinski definition) is 4. The number of carbonyl (C=O) groups excluding carboxylic acids is 1. The van der Waals surface area contributed by atoms with E-state index in [4.69, 9.17) is 0 Å². The molecule has 1 aromatic rings. The Morgan fingerprint density at radius 2 is 1.84 bits per heavy atom. The summed E-state index contributed by atoms with van der Waals surface area (Å²) in [4.78, 5) is 15.1. The lowest BCUT2D eigenvalue weighted by Gasteiger charge is -2.29. The predicted octanol–water partition coefficient (Wildman–Crippen LogP) is 1.85. The van der Waals surface area contributed by atoms with Crippen molar-refractivity contribution in [3.8, 4) is 0 Å². The summed E-state index contributed by atoms with van der Waals surface area (Å²) in [5, 5.41) is 3.06. The minimum absolute atomic E-state index is 0.145. The van der Waals surface area contributed by atoms with Crippen LogP contribution in [0.4, 0.5) is 0 Å². The molecule has 1 aromatic carbocycles. The van der Waals surface area contributed by atoms with Gasteiger partial charge < -0.3 is 10.2 Å². The number of aryl methyl sites for hydroxylation is 1. The summed E-state index contributed by atoms with van der Waals surface area (Å²) in [6.07, 6.45) is 1.83. The Kier molecular flexibility index (Phi) is 6.59. The molecule has 140 valence electrons. The standard InChI is InChI=1S/C18H29N3O3S/c1-5-21(6-2)25(23,24)16-8-7-14(3)17(13-16)18(22)19-15-9-11-20(4)12-10-15/h7-8,13,15H,5-6,9-12H2,1-4H3,(H,19,22). The first-order valence-corrected chi connectivity index (χ1v) is 10.3. The number of piperidine rings is 1. The van der Waals surface area contributed by atoms with E-state index in [2.05, 4.69) is 17.3 Å². The molecule has 1 heterocycles. The SMILES string of the molecule is CCN(CC)S(=O)(=O)c1ccc(C)c(C(=O)NC2CCN(C)CC2)c1. The molecule has 1 saturated heterocycles. The number of rotatable bonds is 6. The maximum atomic E-state index is 12.7. The maximum Gasteiger partial charge on any atom is 0.251 e. The lowest BCUT2D eigenvalue weighted by Crippen LogP contribution is -2.43. The monoisotopic (exact) mass is 367 g/mol. The van der Waals surface area contributed by atoms with Crippen molar-refractivity contribution >= 4 is 15.9 Å². The lowest BCUT2D eigenvalue weighted by molar-refractivity contribution is 0.0916. The molecule has 0 aromatic heterocycles. The van der Waals surface area contributed by atoms with Crippen LogP contribution in [0.25, 0.3) is 0 Å². The summed E-state index contributed by atoms with van der Waals surface area (Å²) in [5.74, 6) is -0.191. The molecule has 1 aliphatic rings. The minimum Gasteiger partial charge on any atom is -0.349 e. The second-order valence-electron chi connectivity index (χ2n) is 6.62. The second kappa shape index (κ2) is 8.29. The van der Waals surface area contributed by atoms with Gasteiger partial charge in [0.25, 0.3) is 5.91 Å². The van der Waals surface area contributed by atoms with Crippen LogP contribution in [0.2, 0.25) is 0 Å². The van der Waals surface area contributed by atoms with Gasteiger partial charge in [-0.1, -0.05) is 19.9 Å². The van der Waals surface area contributed by atoms with Gasteiger partial charge in [0.05, 0.1) is 4.90 Å². The van der Waals surface area contributed by atoms with Crippen molar-refractivity contribution in [2.75, 3.05) is 33.2 Å². The molecular formula is C18H29N3O3S. The van der Waals surface area contributed by atoms with Crippen molar-refractivity contribution in [1.29, 1.82) is 0 Å². The van der Waals surface area contributed by atoms with E-state index in [0.29, 0.717) is 18.7 Å². The maximum absolute atomic E-state index is 12.7. The van der Waals surface area contributed by atoms with E-state index in [9.17, 15) is 13.2 Å². The molecule has 2 rings (SSSR count). The third-order valence-corrected chi connectivity index (χ3v) is 6.90. The highest BCUT2D eigenvalue weighted by Crippen LogP contribution is 2.20. The molecular weight excluding hydrogens is 338 g/mol. The highest BCUT2D eigenvalue weighted by atomic mass is 32.2. The first-order valence-electron chi connectivity index (χ1n) is 8.89.